The minimum Gasteiger partial charge on any atom is -0.389 e. The molecule has 0 aliphatic heterocycles. The molecule has 0 fully saturated rings. The summed E-state index contributed by atoms with van der Waals surface area (Å²) in [5, 5.41) is 8.44. The van der Waals surface area contributed by atoms with Gasteiger partial charge in [-0.05, 0) is 13.0 Å². The van der Waals surface area contributed by atoms with Crippen molar-refractivity contribution < 1.29 is 9.90 Å². The van der Waals surface area contributed by atoms with Crippen molar-refractivity contribution in [2.24, 2.45) is 0 Å². The lowest BCUT2D eigenvalue weighted by molar-refractivity contribution is -0.104. The zero-order valence-corrected chi connectivity index (χ0v) is 4.16. The Morgan fingerprint density at radius 1 is 1.71 bits per heavy atom. The van der Waals surface area contributed by atoms with Crippen molar-refractivity contribution in [2.75, 3.05) is 0 Å². The lowest BCUT2D eigenvalue weighted by atomic mass is 10.4. The van der Waals surface area contributed by atoms with Crippen LogP contribution >= 0.6 is 0 Å². The van der Waals surface area contributed by atoms with Crippen LogP contribution in [0.4, 0.5) is 0 Å². The molecule has 0 unspecified atom stereocenters. The second kappa shape index (κ2) is 3.56. The average Bonchev–Trinajstić information content (AvgIpc) is 1.61. The Hall–Kier alpha value is -0.630. The number of carbonyl (C=O) groups excluding carboxylic acids is 1. The SMILES string of the molecule is C[C@H](O)C=CC=O. The van der Waals surface area contributed by atoms with Crippen LogP contribution in [0.1, 0.15) is 6.92 Å². The second-order valence-corrected chi connectivity index (χ2v) is 1.26. The van der Waals surface area contributed by atoms with Gasteiger partial charge in [-0.15, -0.1) is 0 Å². The topological polar surface area (TPSA) is 37.3 Å². The Morgan fingerprint density at radius 3 is 2.43 bits per heavy atom. The van der Waals surface area contributed by atoms with Gasteiger partial charge in [-0.2, -0.15) is 0 Å². The van der Waals surface area contributed by atoms with Gasteiger partial charge in [0.1, 0.15) is 6.29 Å². The highest BCUT2D eigenvalue weighted by atomic mass is 16.3. The average molecular weight is 100 g/mol. The highest BCUT2D eigenvalue weighted by Gasteiger charge is 1.80. The minimum absolute atomic E-state index is 0.509. The van der Waals surface area contributed by atoms with Crippen LogP contribution in [0.3, 0.4) is 0 Å². The van der Waals surface area contributed by atoms with Gasteiger partial charge in [0.15, 0.2) is 0 Å². The first-order valence-corrected chi connectivity index (χ1v) is 2.07. The molecule has 0 radical (unpaired) electrons. The molecule has 0 aromatic heterocycles. The fraction of sp³-hybridized carbons (Fsp3) is 0.400. The van der Waals surface area contributed by atoms with E-state index < -0.39 is 6.10 Å². The normalized spacial score (nSPS) is 14.6. The molecule has 40 valence electrons. The number of hydrogen-bond acceptors (Lipinski definition) is 2. The van der Waals surface area contributed by atoms with Crippen molar-refractivity contribution >= 4 is 6.29 Å². The lowest BCUT2D eigenvalue weighted by Crippen LogP contribution is -1.91. The van der Waals surface area contributed by atoms with E-state index in [9.17, 15) is 4.79 Å². The van der Waals surface area contributed by atoms with E-state index in [-0.39, 0.29) is 0 Å². The summed E-state index contributed by atoms with van der Waals surface area (Å²) < 4.78 is 0. The molecule has 0 rings (SSSR count). The Bertz CT molecular complexity index is 74.1. The Morgan fingerprint density at radius 2 is 2.29 bits per heavy atom. The molecule has 1 atom stereocenters. The number of hydrogen-bond donors (Lipinski definition) is 1. The first-order chi connectivity index (χ1) is 3.27. The van der Waals surface area contributed by atoms with Gasteiger partial charge in [0.25, 0.3) is 0 Å². The zero-order chi connectivity index (χ0) is 5.70. The molecular weight excluding hydrogens is 92.1 g/mol. The van der Waals surface area contributed by atoms with Crippen LogP contribution in [-0.4, -0.2) is 17.5 Å². The van der Waals surface area contributed by atoms with Gasteiger partial charge in [-0.25, -0.2) is 0 Å². The predicted molar refractivity (Wildman–Crippen MR) is 26.9 cm³/mol. The highest BCUT2D eigenvalue weighted by molar-refractivity contribution is 5.64. The van der Waals surface area contributed by atoms with E-state index in [0.717, 1.165) is 0 Å². The summed E-state index contributed by atoms with van der Waals surface area (Å²) in [4.78, 5) is 9.51. The lowest BCUT2D eigenvalue weighted by Gasteiger charge is -1.86. The summed E-state index contributed by atoms with van der Waals surface area (Å²) in [6.45, 7) is 1.58. The van der Waals surface area contributed by atoms with Crippen LogP contribution in [0.5, 0.6) is 0 Å². The van der Waals surface area contributed by atoms with E-state index in [1.807, 2.05) is 0 Å². The van der Waals surface area contributed by atoms with E-state index in [1.54, 1.807) is 6.92 Å². The Kier molecular flexibility index (Phi) is 3.24. The maximum atomic E-state index is 9.51. The Labute approximate surface area is 42.5 Å². The third-order valence-corrected chi connectivity index (χ3v) is 0.468. The van der Waals surface area contributed by atoms with Crippen molar-refractivity contribution in [1.29, 1.82) is 0 Å². The van der Waals surface area contributed by atoms with Gasteiger partial charge in [-0.3, -0.25) is 4.79 Å². The smallest absolute Gasteiger partial charge is 0.142 e. The van der Waals surface area contributed by atoms with Crippen LogP contribution in [-0.2, 0) is 4.79 Å². The number of aliphatic hydroxyl groups is 1. The van der Waals surface area contributed by atoms with E-state index in [0.29, 0.717) is 6.29 Å². The van der Waals surface area contributed by atoms with Gasteiger partial charge in [-0.1, -0.05) is 6.08 Å². The molecule has 0 aliphatic rings. The maximum absolute atomic E-state index is 9.51. The molecule has 0 saturated heterocycles. The molecule has 0 saturated carbocycles. The number of rotatable bonds is 2. The molecule has 0 heterocycles. The highest BCUT2D eigenvalue weighted by Crippen LogP contribution is 1.77. The first-order valence-electron chi connectivity index (χ1n) is 2.07. The quantitative estimate of drug-likeness (QED) is 0.395. The summed E-state index contributed by atoms with van der Waals surface area (Å²) in [6, 6.07) is 0. The van der Waals surface area contributed by atoms with Gasteiger partial charge >= 0.3 is 0 Å². The van der Waals surface area contributed by atoms with Gasteiger partial charge < -0.3 is 5.11 Å². The number of aliphatic hydroxyl groups excluding tert-OH is 1. The molecule has 0 amide bonds. The van der Waals surface area contributed by atoms with Crippen molar-refractivity contribution in [3.8, 4) is 0 Å². The third-order valence-electron chi connectivity index (χ3n) is 0.468. The Balaban J connectivity index is 3.25. The largest absolute Gasteiger partial charge is 0.389 e. The molecule has 0 aromatic rings. The molecule has 0 aromatic carbocycles. The van der Waals surface area contributed by atoms with Crippen LogP contribution in [0.15, 0.2) is 12.2 Å². The van der Waals surface area contributed by atoms with Crippen LogP contribution in [0.2, 0.25) is 0 Å². The fourth-order valence-corrected chi connectivity index (χ4v) is 0.206. The number of allylic oxidation sites excluding steroid dienone is 1. The van der Waals surface area contributed by atoms with Crippen molar-refractivity contribution in [3.05, 3.63) is 12.2 Å². The van der Waals surface area contributed by atoms with Gasteiger partial charge in [0.2, 0.25) is 0 Å². The van der Waals surface area contributed by atoms with Crippen molar-refractivity contribution in [3.63, 3.8) is 0 Å². The van der Waals surface area contributed by atoms with E-state index in [2.05, 4.69) is 0 Å². The van der Waals surface area contributed by atoms with E-state index in [4.69, 9.17) is 5.11 Å². The van der Waals surface area contributed by atoms with Crippen molar-refractivity contribution in [1.82, 2.24) is 0 Å². The molecule has 7 heavy (non-hydrogen) atoms. The summed E-state index contributed by atoms with van der Waals surface area (Å²) in [5.41, 5.74) is 0. The summed E-state index contributed by atoms with van der Waals surface area (Å²) in [7, 11) is 0. The predicted octanol–water partition coefficient (Wildman–Crippen LogP) is 0.122. The van der Waals surface area contributed by atoms with Gasteiger partial charge in [0, 0.05) is 0 Å². The van der Waals surface area contributed by atoms with Crippen LogP contribution in [0.25, 0.3) is 0 Å². The second-order valence-electron chi connectivity index (χ2n) is 1.26. The number of carbonyl (C=O) groups is 1. The molecule has 0 spiro atoms. The number of aldehydes is 1. The van der Waals surface area contributed by atoms with Crippen LogP contribution < -0.4 is 0 Å². The molecule has 0 aliphatic carbocycles. The first kappa shape index (κ1) is 6.37. The fourth-order valence-electron chi connectivity index (χ4n) is 0.206. The summed E-state index contributed by atoms with van der Waals surface area (Å²) in [5.74, 6) is 0. The molecule has 2 nitrogen and oxygen atoms in total. The molecular formula is C5H8O2. The van der Waals surface area contributed by atoms with Crippen LogP contribution in [0, 0.1) is 0 Å². The monoisotopic (exact) mass is 100 g/mol. The maximum Gasteiger partial charge on any atom is 0.142 e. The zero-order valence-electron chi connectivity index (χ0n) is 4.16. The standard InChI is InChI=1S/C5H8O2/c1-5(7)3-2-4-6/h2-5,7H,1H3/t5-/m0/s1. The summed E-state index contributed by atoms with van der Waals surface area (Å²) in [6.07, 6.45) is 2.80. The minimum atomic E-state index is -0.509. The van der Waals surface area contributed by atoms with E-state index in [1.165, 1.54) is 12.2 Å². The third kappa shape index (κ3) is 5.37. The molecule has 0 bridgehead atoms. The van der Waals surface area contributed by atoms with Gasteiger partial charge in [0.05, 0.1) is 6.10 Å². The summed E-state index contributed by atoms with van der Waals surface area (Å²) >= 11 is 0. The van der Waals surface area contributed by atoms with Crippen molar-refractivity contribution in [2.45, 2.75) is 13.0 Å². The van der Waals surface area contributed by atoms with E-state index >= 15 is 0 Å². The molecule has 2 heteroatoms. The molecule has 1 N–H and O–H groups in total.